The number of hydrogen-bond acceptors (Lipinski definition) is 4. The molecule has 2 rings (SSSR count). The van der Waals surface area contributed by atoms with Crippen molar-refractivity contribution in [1.29, 1.82) is 0 Å². The minimum atomic E-state index is -0.281. The zero-order valence-electron chi connectivity index (χ0n) is 12.9. The number of halogens is 1. The van der Waals surface area contributed by atoms with Crippen molar-refractivity contribution in [1.82, 2.24) is 15.3 Å². The van der Waals surface area contributed by atoms with Crippen molar-refractivity contribution in [2.75, 3.05) is 24.5 Å². The third kappa shape index (κ3) is 3.88. The molecule has 0 aromatic carbocycles. The predicted molar refractivity (Wildman–Crippen MR) is 79.4 cm³/mol. The van der Waals surface area contributed by atoms with Crippen LogP contribution >= 0.6 is 0 Å². The Morgan fingerprint density at radius 3 is 2.85 bits per heavy atom. The number of anilines is 1. The van der Waals surface area contributed by atoms with E-state index in [9.17, 15) is 4.39 Å². The molecule has 1 aromatic heterocycles. The lowest BCUT2D eigenvalue weighted by Gasteiger charge is -2.35. The monoisotopic (exact) mass is 280 g/mol. The van der Waals surface area contributed by atoms with E-state index < -0.39 is 0 Å². The Hall–Kier alpha value is -1.23. The average molecular weight is 280 g/mol. The Kier molecular flexibility index (Phi) is 4.58. The summed E-state index contributed by atoms with van der Waals surface area (Å²) in [6.45, 7) is 10.9. The van der Waals surface area contributed by atoms with E-state index in [0.717, 1.165) is 26.1 Å². The average Bonchev–Trinajstić information content (AvgIpc) is 2.39. The van der Waals surface area contributed by atoms with Gasteiger partial charge in [-0.15, -0.1) is 0 Å². The van der Waals surface area contributed by atoms with Crippen LogP contribution in [0.2, 0.25) is 0 Å². The number of aromatic nitrogens is 2. The lowest BCUT2D eigenvalue weighted by atomic mass is 9.96. The largest absolute Gasteiger partial charge is 0.354 e. The first-order valence-corrected chi connectivity index (χ1v) is 7.34. The fraction of sp³-hybridized carbons (Fsp3) is 0.733. The number of piperidine rings is 1. The van der Waals surface area contributed by atoms with E-state index >= 15 is 0 Å². The molecule has 1 saturated heterocycles. The SMILES string of the molecule is Cc1ncnc(N2CCCC(CNC(C)(C)C)C2)c1F. The summed E-state index contributed by atoms with van der Waals surface area (Å²) in [4.78, 5) is 10.1. The van der Waals surface area contributed by atoms with Crippen LogP contribution in [0.4, 0.5) is 10.2 Å². The second-order valence-corrected chi connectivity index (χ2v) is 6.68. The van der Waals surface area contributed by atoms with Crippen molar-refractivity contribution in [2.45, 2.75) is 46.1 Å². The topological polar surface area (TPSA) is 41.1 Å². The van der Waals surface area contributed by atoms with Crippen LogP contribution in [0.3, 0.4) is 0 Å². The van der Waals surface area contributed by atoms with Gasteiger partial charge in [0.1, 0.15) is 6.33 Å². The van der Waals surface area contributed by atoms with Gasteiger partial charge in [0.25, 0.3) is 0 Å². The van der Waals surface area contributed by atoms with Crippen LogP contribution < -0.4 is 10.2 Å². The number of rotatable bonds is 3. The van der Waals surface area contributed by atoms with Crippen LogP contribution in [0.1, 0.15) is 39.3 Å². The van der Waals surface area contributed by atoms with Gasteiger partial charge in [-0.05, 0) is 46.5 Å². The van der Waals surface area contributed by atoms with Crippen LogP contribution in [0.5, 0.6) is 0 Å². The van der Waals surface area contributed by atoms with Crippen molar-refractivity contribution in [3.8, 4) is 0 Å². The molecule has 0 spiro atoms. The molecule has 4 nitrogen and oxygen atoms in total. The van der Waals surface area contributed by atoms with E-state index in [2.05, 4.69) is 41.0 Å². The summed E-state index contributed by atoms with van der Waals surface area (Å²) in [5.41, 5.74) is 0.545. The smallest absolute Gasteiger partial charge is 0.186 e. The van der Waals surface area contributed by atoms with Gasteiger partial charge in [-0.25, -0.2) is 14.4 Å². The first kappa shape index (κ1) is 15.2. The summed E-state index contributed by atoms with van der Waals surface area (Å²) in [5.74, 6) is 0.715. The zero-order valence-corrected chi connectivity index (χ0v) is 12.9. The van der Waals surface area contributed by atoms with Crippen LogP contribution in [-0.2, 0) is 0 Å². The van der Waals surface area contributed by atoms with Crippen molar-refractivity contribution in [2.24, 2.45) is 5.92 Å². The number of nitrogens with one attached hydrogen (secondary N) is 1. The van der Waals surface area contributed by atoms with Crippen LogP contribution in [-0.4, -0.2) is 35.1 Å². The molecule has 0 aliphatic carbocycles. The van der Waals surface area contributed by atoms with Gasteiger partial charge in [0.2, 0.25) is 0 Å². The summed E-state index contributed by atoms with van der Waals surface area (Å²) < 4.78 is 14.1. The van der Waals surface area contributed by atoms with E-state index in [4.69, 9.17) is 0 Å². The number of aryl methyl sites for hydroxylation is 1. The predicted octanol–water partition coefficient (Wildman–Crippen LogP) is 2.53. The molecule has 1 aliphatic rings. The van der Waals surface area contributed by atoms with E-state index in [0.29, 0.717) is 17.4 Å². The fourth-order valence-corrected chi connectivity index (χ4v) is 2.54. The standard InChI is InChI=1S/C15H25FN4/c1-11-13(16)14(18-10-17-11)20-7-5-6-12(9-20)8-19-15(2,3)4/h10,12,19H,5-9H2,1-4H3. The van der Waals surface area contributed by atoms with E-state index in [1.165, 1.54) is 12.7 Å². The zero-order chi connectivity index (χ0) is 14.8. The fourth-order valence-electron chi connectivity index (χ4n) is 2.54. The van der Waals surface area contributed by atoms with Gasteiger partial charge in [-0.2, -0.15) is 0 Å². The maximum atomic E-state index is 14.1. The molecule has 0 radical (unpaired) electrons. The Morgan fingerprint density at radius 1 is 1.40 bits per heavy atom. The van der Waals surface area contributed by atoms with Crippen LogP contribution in [0, 0.1) is 18.7 Å². The summed E-state index contributed by atoms with van der Waals surface area (Å²) in [5, 5.41) is 3.54. The molecule has 0 saturated carbocycles. The molecular weight excluding hydrogens is 255 g/mol. The summed E-state index contributed by atoms with van der Waals surface area (Å²) >= 11 is 0. The third-order valence-electron chi connectivity index (χ3n) is 3.68. The highest BCUT2D eigenvalue weighted by atomic mass is 19.1. The molecule has 1 unspecified atom stereocenters. The molecule has 112 valence electrons. The molecule has 1 aliphatic heterocycles. The molecule has 5 heteroatoms. The number of nitrogens with zero attached hydrogens (tertiary/aromatic N) is 3. The summed E-state index contributed by atoms with van der Waals surface area (Å²) in [6, 6.07) is 0. The van der Waals surface area contributed by atoms with E-state index in [-0.39, 0.29) is 11.4 Å². The summed E-state index contributed by atoms with van der Waals surface area (Å²) in [7, 11) is 0. The second kappa shape index (κ2) is 6.04. The van der Waals surface area contributed by atoms with Gasteiger partial charge in [0.15, 0.2) is 11.6 Å². The molecule has 20 heavy (non-hydrogen) atoms. The minimum absolute atomic E-state index is 0.124. The Morgan fingerprint density at radius 2 is 2.15 bits per heavy atom. The van der Waals surface area contributed by atoms with Gasteiger partial charge in [0, 0.05) is 25.2 Å². The highest BCUT2D eigenvalue weighted by molar-refractivity contribution is 5.41. The first-order valence-electron chi connectivity index (χ1n) is 7.34. The molecule has 1 atom stereocenters. The van der Waals surface area contributed by atoms with Gasteiger partial charge in [-0.1, -0.05) is 0 Å². The quantitative estimate of drug-likeness (QED) is 0.924. The maximum Gasteiger partial charge on any atom is 0.186 e. The van der Waals surface area contributed by atoms with E-state index in [1.54, 1.807) is 6.92 Å². The second-order valence-electron chi connectivity index (χ2n) is 6.68. The Bertz CT molecular complexity index is 456. The first-order chi connectivity index (χ1) is 9.37. The minimum Gasteiger partial charge on any atom is -0.354 e. The van der Waals surface area contributed by atoms with Gasteiger partial charge in [-0.3, -0.25) is 0 Å². The van der Waals surface area contributed by atoms with Crippen LogP contribution in [0.25, 0.3) is 0 Å². The number of hydrogen-bond donors (Lipinski definition) is 1. The van der Waals surface area contributed by atoms with Gasteiger partial charge in [0.05, 0.1) is 5.69 Å². The molecule has 0 amide bonds. The van der Waals surface area contributed by atoms with Crippen molar-refractivity contribution in [3.05, 3.63) is 17.8 Å². The van der Waals surface area contributed by atoms with Crippen molar-refractivity contribution in [3.63, 3.8) is 0 Å². The van der Waals surface area contributed by atoms with Crippen molar-refractivity contribution >= 4 is 5.82 Å². The molecule has 1 aromatic rings. The van der Waals surface area contributed by atoms with E-state index in [1.807, 2.05) is 0 Å². The molecule has 0 bridgehead atoms. The molecule has 2 heterocycles. The highest BCUT2D eigenvalue weighted by Crippen LogP contribution is 2.24. The van der Waals surface area contributed by atoms with Crippen LogP contribution in [0.15, 0.2) is 6.33 Å². The summed E-state index contributed by atoms with van der Waals surface area (Å²) in [6.07, 6.45) is 3.72. The Labute approximate surface area is 120 Å². The normalized spacial score (nSPS) is 20.2. The highest BCUT2D eigenvalue weighted by Gasteiger charge is 2.24. The molecule has 1 fully saturated rings. The van der Waals surface area contributed by atoms with Gasteiger partial charge >= 0.3 is 0 Å². The lowest BCUT2D eigenvalue weighted by molar-refractivity contribution is 0.333. The molecular formula is C15H25FN4. The van der Waals surface area contributed by atoms with Crippen molar-refractivity contribution < 1.29 is 4.39 Å². The van der Waals surface area contributed by atoms with Gasteiger partial charge < -0.3 is 10.2 Å². The Balaban J connectivity index is 2.01. The molecule has 1 N–H and O–H groups in total. The lowest BCUT2D eigenvalue weighted by Crippen LogP contribution is -2.45. The maximum absolute atomic E-state index is 14.1. The third-order valence-corrected chi connectivity index (χ3v) is 3.68.